The van der Waals surface area contributed by atoms with Gasteiger partial charge in [-0.1, -0.05) is 0 Å². The molecule has 1 unspecified atom stereocenters. The zero-order chi connectivity index (χ0) is 12.0. The van der Waals surface area contributed by atoms with E-state index < -0.39 is 0 Å². The summed E-state index contributed by atoms with van der Waals surface area (Å²) in [5, 5.41) is 0.104. The molecule has 1 amide bonds. The van der Waals surface area contributed by atoms with Gasteiger partial charge in [0.2, 0.25) is 5.91 Å². The first kappa shape index (κ1) is 13.4. The van der Waals surface area contributed by atoms with Gasteiger partial charge in [0.1, 0.15) is 0 Å². The molecular weight excluding hydrogens is 226 g/mol. The fourth-order valence-corrected chi connectivity index (χ4v) is 2.89. The minimum absolute atomic E-state index is 0.104. The van der Waals surface area contributed by atoms with Crippen LogP contribution in [0.5, 0.6) is 0 Å². The molecular formula is C11H19NO3S. The molecule has 0 bridgehead atoms. The van der Waals surface area contributed by atoms with Crippen LogP contribution in [0.3, 0.4) is 0 Å². The Hall–Kier alpha value is -0.710. The molecule has 1 atom stereocenters. The number of esters is 1. The molecule has 0 aliphatic carbocycles. The summed E-state index contributed by atoms with van der Waals surface area (Å²) in [6, 6.07) is 0. The standard InChI is InChI=1S/C11H19NO3S/c1-3-15-10(13)6-7-12(2)11(14)9-5-4-8-16-9/h9H,3-8H2,1-2H3. The third-order valence-corrected chi connectivity index (χ3v) is 3.90. The molecule has 4 nitrogen and oxygen atoms in total. The van der Waals surface area contributed by atoms with Gasteiger partial charge < -0.3 is 9.64 Å². The fourth-order valence-electron chi connectivity index (χ4n) is 1.62. The third-order valence-electron chi connectivity index (χ3n) is 2.54. The number of rotatable bonds is 5. The highest BCUT2D eigenvalue weighted by Crippen LogP contribution is 2.27. The van der Waals surface area contributed by atoms with Crippen LogP contribution in [0.1, 0.15) is 26.2 Å². The van der Waals surface area contributed by atoms with E-state index in [1.54, 1.807) is 30.6 Å². The van der Waals surface area contributed by atoms with Gasteiger partial charge in [0.15, 0.2) is 0 Å². The Labute approximate surface area is 101 Å². The lowest BCUT2D eigenvalue weighted by Crippen LogP contribution is -2.35. The first-order valence-corrected chi connectivity index (χ1v) is 6.72. The number of ether oxygens (including phenoxy) is 1. The van der Waals surface area contributed by atoms with Gasteiger partial charge in [0, 0.05) is 13.6 Å². The molecule has 5 heteroatoms. The van der Waals surface area contributed by atoms with Crippen molar-refractivity contribution in [2.24, 2.45) is 0 Å². The zero-order valence-electron chi connectivity index (χ0n) is 9.90. The Bertz CT molecular complexity index is 252. The second-order valence-corrected chi connectivity index (χ2v) is 5.13. The van der Waals surface area contributed by atoms with Gasteiger partial charge in [0.25, 0.3) is 0 Å². The van der Waals surface area contributed by atoms with Gasteiger partial charge >= 0.3 is 5.97 Å². The van der Waals surface area contributed by atoms with E-state index >= 15 is 0 Å². The Kier molecular flexibility index (Phi) is 5.66. The second-order valence-electron chi connectivity index (χ2n) is 3.82. The smallest absolute Gasteiger partial charge is 0.307 e. The van der Waals surface area contributed by atoms with Crippen molar-refractivity contribution >= 4 is 23.6 Å². The van der Waals surface area contributed by atoms with Gasteiger partial charge in [-0.05, 0) is 25.5 Å². The summed E-state index contributed by atoms with van der Waals surface area (Å²) in [6.45, 7) is 2.63. The molecule has 1 fully saturated rings. The maximum absolute atomic E-state index is 11.9. The number of carbonyl (C=O) groups is 2. The van der Waals surface area contributed by atoms with Crippen molar-refractivity contribution in [3.05, 3.63) is 0 Å². The van der Waals surface area contributed by atoms with Crippen LogP contribution in [0.2, 0.25) is 0 Å². The molecule has 1 heterocycles. The molecule has 0 aromatic heterocycles. The topological polar surface area (TPSA) is 46.6 Å². The molecule has 1 aliphatic rings. The van der Waals surface area contributed by atoms with Crippen LogP contribution in [0.15, 0.2) is 0 Å². The minimum atomic E-state index is -0.235. The van der Waals surface area contributed by atoms with Gasteiger partial charge in [0.05, 0.1) is 18.3 Å². The number of nitrogens with zero attached hydrogens (tertiary/aromatic N) is 1. The van der Waals surface area contributed by atoms with E-state index in [1.807, 2.05) is 0 Å². The van der Waals surface area contributed by atoms with Crippen LogP contribution in [0.25, 0.3) is 0 Å². The highest BCUT2D eigenvalue weighted by Gasteiger charge is 2.26. The Balaban J connectivity index is 2.25. The van der Waals surface area contributed by atoms with E-state index in [2.05, 4.69) is 0 Å². The highest BCUT2D eigenvalue weighted by atomic mass is 32.2. The SMILES string of the molecule is CCOC(=O)CCN(C)C(=O)C1CCCS1. The number of thioether (sulfide) groups is 1. The zero-order valence-corrected chi connectivity index (χ0v) is 10.7. The monoisotopic (exact) mass is 245 g/mol. The number of hydrogen-bond acceptors (Lipinski definition) is 4. The van der Waals surface area contributed by atoms with Crippen molar-refractivity contribution in [1.29, 1.82) is 0 Å². The van der Waals surface area contributed by atoms with Crippen LogP contribution in [-0.2, 0) is 14.3 Å². The normalized spacial score (nSPS) is 19.5. The van der Waals surface area contributed by atoms with Crippen molar-refractivity contribution in [3.8, 4) is 0 Å². The molecule has 1 rings (SSSR count). The Morgan fingerprint density at radius 3 is 2.81 bits per heavy atom. The fraction of sp³-hybridized carbons (Fsp3) is 0.818. The van der Waals surface area contributed by atoms with Crippen LogP contribution in [-0.4, -0.2) is 48.0 Å². The summed E-state index contributed by atoms with van der Waals surface area (Å²) in [5.41, 5.74) is 0. The summed E-state index contributed by atoms with van der Waals surface area (Å²) in [6.07, 6.45) is 2.37. The van der Waals surface area contributed by atoms with Crippen LogP contribution < -0.4 is 0 Å². The van der Waals surface area contributed by atoms with Crippen molar-refractivity contribution < 1.29 is 14.3 Å². The lowest BCUT2D eigenvalue weighted by molar-refractivity contribution is -0.143. The molecule has 0 spiro atoms. The average Bonchev–Trinajstić information content (AvgIpc) is 2.78. The second kappa shape index (κ2) is 6.78. The van der Waals surface area contributed by atoms with E-state index in [0.29, 0.717) is 13.2 Å². The molecule has 0 saturated carbocycles. The van der Waals surface area contributed by atoms with Gasteiger partial charge in [-0.2, -0.15) is 0 Å². The first-order valence-electron chi connectivity index (χ1n) is 5.67. The van der Waals surface area contributed by atoms with Gasteiger partial charge in [-0.25, -0.2) is 0 Å². The quantitative estimate of drug-likeness (QED) is 0.685. The minimum Gasteiger partial charge on any atom is -0.466 e. The van der Waals surface area contributed by atoms with Crippen molar-refractivity contribution in [2.45, 2.75) is 31.4 Å². The largest absolute Gasteiger partial charge is 0.466 e. The maximum Gasteiger partial charge on any atom is 0.307 e. The third kappa shape index (κ3) is 4.04. The van der Waals surface area contributed by atoms with Gasteiger partial charge in [-0.15, -0.1) is 11.8 Å². The van der Waals surface area contributed by atoms with Crippen molar-refractivity contribution in [1.82, 2.24) is 4.90 Å². The van der Waals surface area contributed by atoms with Crippen LogP contribution in [0.4, 0.5) is 0 Å². The first-order chi connectivity index (χ1) is 7.65. The molecule has 0 radical (unpaired) electrons. The van der Waals surface area contributed by atoms with Gasteiger partial charge in [-0.3, -0.25) is 9.59 Å². The number of carbonyl (C=O) groups excluding carboxylic acids is 2. The predicted octanol–water partition coefficient (Wildman–Crippen LogP) is 1.29. The lowest BCUT2D eigenvalue weighted by Gasteiger charge is -2.19. The van der Waals surface area contributed by atoms with Crippen LogP contribution >= 0.6 is 11.8 Å². The summed E-state index contributed by atoms with van der Waals surface area (Å²) < 4.78 is 4.82. The average molecular weight is 245 g/mol. The molecule has 92 valence electrons. The summed E-state index contributed by atoms with van der Waals surface area (Å²) in [4.78, 5) is 24.6. The maximum atomic E-state index is 11.9. The van der Waals surface area contributed by atoms with E-state index in [1.165, 1.54) is 0 Å². The van der Waals surface area contributed by atoms with Crippen molar-refractivity contribution in [3.63, 3.8) is 0 Å². The number of amides is 1. The van der Waals surface area contributed by atoms with Crippen LogP contribution in [0, 0.1) is 0 Å². The lowest BCUT2D eigenvalue weighted by atomic mass is 10.2. The molecule has 0 N–H and O–H groups in total. The molecule has 1 saturated heterocycles. The summed E-state index contributed by atoms with van der Waals surface area (Å²) in [5.74, 6) is 0.982. The molecule has 0 aromatic rings. The van der Waals surface area contributed by atoms with E-state index in [-0.39, 0.29) is 23.5 Å². The Morgan fingerprint density at radius 1 is 1.50 bits per heavy atom. The Morgan fingerprint density at radius 2 is 2.25 bits per heavy atom. The van der Waals surface area contributed by atoms with Crippen molar-refractivity contribution in [2.75, 3.05) is 26.0 Å². The van der Waals surface area contributed by atoms with E-state index in [9.17, 15) is 9.59 Å². The van der Waals surface area contributed by atoms with E-state index in [4.69, 9.17) is 4.74 Å². The highest BCUT2D eigenvalue weighted by molar-refractivity contribution is 8.00. The summed E-state index contributed by atoms with van der Waals surface area (Å²) >= 11 is 1.72. The molecule has 16 heavy (non-hydrogen) atoms. The predicted molar refractivity (Wildman–Crippen MR) is 64.4 cm³/mol. The molecule has 0 aromatic carbocycles. The summed E-state index contributed by atoms with van der Waals surface area (Å²) in [7, 11) is 1.75. The van der Waals surface area contributed by atoms with E-state index in [0.717, 1.165) is 18.6 Å². The molecule has 1 aliphatic heterocycles. The number of hydrogen-bond donors (Lipinski definition) is 0.